The van der Waals surface area contributed by atoms with E-state index in [4.69, 9.17) is 9.47 Å². The predicted octanol–water partition coefficient (Wildman–Crippen LogP) is 2.59. The van der Waals surface area contributed by atoms with Crippen molar-refractivity contribution in [3.63, 3.8) is 0 Å². The standard InChI is InChI=1S/C18H19N3O6/c1-26-16-8-3-2-7-15(16)19-10-9-18(23)27-12-17(22)20-13-5-4-6-14(11-13)21(24)25/h2-8,11,19H,9-10,12H2,1H3,(H,20,22). The molecule has 0 saturated heterocycles. The number of rotatable bonds is 9. The Morgan fingerprint density at radius 3 is 2.67 bits per heavy atom. The van der Waals surface area contributed by atoms with Crippen molar-refractivity contribution in [1.29, 1.82) is 0 Å². The molecule has 0 aliphatic carbocycles. The summed E-state index contributed by atoms with van der Waals surface area (Å²) in [5.74, 6) is -0.477. The van der Waals surface area contributed by atoms with Gasteiger partial charge in [0.05, 0.1) is 24.1 Å². The van der Waals surface area contributed by atoms with E-state index < -0.39 is 23.4 Å². The number of nitrogens with zero attached hydrogens (tertiary/aromatic N) is 1. The van der Waals surface area contributed by atoms with E-state index in [1.807, 2.05) is 18.2 Å². The number of amides is 1. The summed E-state index contributed by atoms with van der Waals surface area (Å²) in [6, 6.07) is 12.8. The number of hydrogen-bond donors (Lipinski definition) is 2. The van der Waals surface area contributed by atoms with Gasteiger partial charge in [0.15, 0.2) is 6.61 Å². The zero-order valence-corrected chi connectivity index (χ0v) is 14.6. The lowest BCUT2D eigenvalue weighted by molar-refractivity contribution is -0.384. The van der Waals surface area contributed by atoms with Gasteiger partial charge < -0.3 is 20.1 Å². The zero-order valence-electron chi connectivity index (χ0n) is 14.6. The van der Waals surface area contributed by atoms with E-state index in [2.05, 4.69) is 10.6 Å². The summed E-state index contributed by atoms with van der Waals surface area (Å²) in [6.45, 7) is -0.165. The number of carbonyl (C=O) groups excluding carboxylic acids is 2. The molecule has 0 bridgehead atoms. The number of benzene rings is 2. The topological polar surface area (TPSA) is 120 Å². The normalized spacial score (nSPS) is 9.96. The van der Waals surface area contributed by atoms with E-state index in [1.165, 1.54) is 24.3 Å². The molecule has 2 rings (SSSR count). The van der Waals surface area contributed by atoms with Crippen molar-refractivity contribution in [1.82, 2.24) is 0 Å². The fourth-order valence-electron chi connectivity index (χ4n) is 2.20. The highest BCUT2D eigenvalue weighted by molar-refractivity contribution is 5.93. The van der Waals surface area contributed by atoms with Gasteiger partial charge in [-0.15, -0.1) is 0 Å². The van der Waals surface area contributed by atoms with Crippen LogP contribution in [0.15, 0.2) is 48.5 Å². The first-order valence-electron chi connectivity index (χ1n) is 8.06. The molecule has 2 N–H and O–H groups in total. The van der Waals surface area contributed by atoms with Crippen LogP contribution in [-0.2, 0) is 14.3 Å². The molecule has 0 spiro atoms. The largest absolute Gasteiger partial charge is 0.495 e. The minimum absolute atomic E-state index is 0.0577. The average Bonchev–Trinajstić information content (AvgIpc) is 2.67. The van der Waals surface area contributed by atoms with Crippen molar-refractivity contribution in [3.8, 4) is 5.75 Å². The quantitative estimate of drug-likeness (QED) is 0.394. The fourth-order valence-corrected chi connectivity index (χ4v) is 2.20. The van der Waals surface area contributed by atoms with Crippen LogP contribution < -0.4 is 15.4 Å². The third kappa shape index (κ3) is 6.31. The number of nitro benzene ring substituents is 1. The Balaban J connectivity index is 1.72. The van der Waals surface area contributed by atoms with Crippen molar-refractivity contribution in [2.24, 2.45) is 0 Å². The molecule has 0 radical (unpaired) electrons. The molecule has 0 saturated carbocycles. The first-order valence-corrected chi connectivity index (χ1v) is 8.06. The van der Waals surface area contributed by atoms with Crippen LogP contribution in [0.1, 0.15) is 6.42 Å². The average molecular weight is 373 g/mol. The summed E-state index contributed by atoms with van der Waals surface area (Å²) in [5, 5.41) is 16.2. The molecular formula is C18H19N3O6. The van der Waals surface area contributed by atoms with E-state index in [0.717, 1.165) is 5.69 Å². The number of hydrogen-bond acceptors (Lipinski definition) is 7. The molecule has 0 aliphatic heterocycles. The van der Waals surface area contributed by atoms with Gasteiger partial charge >= 0.3 is 5.97 Å². The van der Waals surface area contributed by atoms with Gasteiger partial charge in [0.2, 0.25) is 0 Å². The number of para-hydroxylation sites is 2. The number of non-ortho nitro benzene ring substituents is 1. The van der Waals surface area contributed by atoms with Crippen molar-refractivity contribution >= 4 is 28.9 Å². The number of anilines is 2. The van der Waals surface area contributed by atoms with Gasteiger partial charge in [-0.1, -0.05) is 18.2 Å². The molecule has 2 aromatic rings. The van der Waals surface area contributed by atoms with Crippen LogP contribution in [0.2, 0.25) is 0 Å². The molecule has 0 heterocycles. The van der Waals surface area contributed by atoms with E-state index >= 15 is 0 Å². The van der Waals surface area contributed by atoms with Crippen molar-refractivity contribution in [2.75, 3.05) is 30.9 Å². The van der Waals surface area contributed by atoms with Crippen LogP contribution in [0.25, 0.3) is 0 Å². The molecule has 27 heavy (non-hydrogen) atoms. The van der Waals surface area contributed by atoms with E-state index in [1.54, 1.807) is 13.2 Å². The Morgan fingerprint density at radius 2 is 1.93 bits per heavy atom. The summed E-state index contributed by atoms with van der Waals surface area (Å²) in [6.07, 6.45) is 0.0577. The van der Waals surface area contributed by atoms with Crippen LogP contribution >= 0.6 is 0 Å². The molecule has 0 aromatic heterocycles. The molecule has 0 unspecified atom stereocenters. The molecule has 142 valence electrons. The maximum atomic E-state index is 11.8. The van der Waals surface area contributed by atoms with Gasteiger partial charge in [-0.2, -0.15) is 0 Å². The third-order valence-electron chi connectivity index (χ3n) is 3.46. The summed E-state index contributed by atoms with van der Waals surface area (Å²) in [4.78, 5) is 33.7. The number of esters is 1. The molecule has 9 nitrogen and oxygen atoms in total. The van der Waals surface area contributed by atoms with E-state index in [-0.39, 0.29) is 17.8 Å². The van der Waals surface area contributed by atoms with Gasteiger partial charge in [0.25, 0.3) is 11.6 Å². The van der Waals surface area contributed by atoms with Gasteiger partial charge in [-0.3, -0.25) is 19.7 Å². The highest BCUT2D eigenvalue weighted by Gasteiger charge is 2.11. The van der Waals surface area contributed by atoms with Gasteiger partial charge in [-0.25, -0.2) is 0 Å². The molecule has 0 aliphatic rings. The van der Waals surface area contributed by atoms with Gasteiger partial charge in [0.1, 0.15) is 5.75 Å². The maximum Gasteiger partial charge on any atom is 0.308 e. The Hall–Kier alpha value is -3.62. The first kappa shape index (κ1) is 19.7. The number of carbonyl (C=O) groups is 2. The summed E-state index contributed by atoms with van der Waals surface area (Å²) in [7, 11) is 1.55. The number of nitrogens with one attached hydrogen (secondary N) is 2. The summed E-state index contributed by atoms with van der Waals surface area (Å²) >= 11 is 0. The first-order chi connectivity index (χ1) is 13.0. The number of ether oxygens (including phenoxy) is 2. The van der Waals surface area contributed by atoms with Crippen molar-refractivity contribution in [2.45, 2.75) is 6.42 Å². The van der Waals surface area contributed by atoms with E-state index in [9.17, 15) is 19.7 Å². The number of methoxy groups -OCH3 is 1. The minimum Gasteiger partial charge on any atom is -0.495 e. The van der Waals surface area contributed by atoms with Crippen LogP contribution in [0.5, 0.6) is 5.75 Å². The third-order valence-corrected chi connectivity index (χ3v) is 3.46. The molecule has 0 atom stereocenters. The van der Waals surface area contributed by atoms with Crippen molar-refractivity contribution < 1.29 is 24.0 Å². The molecular weight excluding hydrogens is 354 g/mol. The van der Waals surface area contributed by atoms with E-state index in [0.29, 0.717) is 12.3 Å². The highest BCUT2D eigenvalue weighted by Crippen LogP contribution is 2.22. The van der Waals surface area contributed by atoms with Crippen LogP contribution in [0.4, 0.5) is 17.1 Å². The Labute approximate surface area is 155 Å². The Bertz CT molecular complexity index is 824. The highest BCUT2D eigenvalue weighted by atomic mass is 16.6. The zero-order chi connectivity index (χ0) is 19.6. The molecule has 2 aromatic carbocycles. The Morgan fingerprint density at radius 1 is 1.15 bits per heavy atom. The van der Waals surface area contributed by atoms with Crippen molar-refractivity contribution in [3.05, 3.63) is 58.6 Å². The molecule has 1 amide bonds. The van der Waals surface area contributed by atoms with Crippen LogP contribution in [0, 0.1) is 10.1 Å². The predicted molar refractivity (Wildman–Crippen MR) is 98.8 cm³/mol. The summed E-state index contributed by atoms with van der Waals surface area (Å²) < 4.78 is 10.1. The van der Waals surface area contributed by atoms with Gasteiger partial charge in [0, 0.05) is 24.4 Å². The lowest BCUT2D eigenvalue weighted by Gasteiger charge is -2.10. The fraction of sp³-hybridized carbons (Fsp3) is 0.222. The second-order valence-electron chi connectivity index (χ2n) is 5.39. The second kappa shape index (κ2) is 9.76. The summed E-state index contributed by atoms with van der Waals surface area (Å²) in [5.41, 5.74) is 0.853. The minimum atomic E-state index is -0.582. The SMILES string of the molecule is COc1ccccc1NCCC(=O)OCC(=O)Nc1cccc([N+](=O)[O-])c1. The Kier molecular flexibility index (Phi) is 7.12. The second-order valence-corrected chi connectivity index (χ2v) is 5.39. The monoisotopic (exact) mass is 373 g/mol. The van der Waals surface area contributed by atoms with Gasteiger partial charge in [-0.05, 0) is 18.2 Å². The van der Waals surface area contributed by atoms with Crippen LogP contribution in [-0.4, -0.2) is 37.1 Å². The lowest BCUT2D eigenvalue weighted by atomic mass is 10.3. The van der Waals surface area contributed by atoms with Crippen LogP contribution in [0.3, 0.4) is 0 Å². The number of nitro groups is 1. The molecule has 9 heteroatoms. The smallest absolute Gasteiger partial charge is 0.308 e. The lowest BCUT2D eigenvalue weighted by Crippen LogP contribution is -2.22. The molecule has 0 fully saturated rings. The maximum absolute atomic E-state index is 11.8.